The van der Waals surface area contributed by atoms with Gasteiger partial charge in [0.05, 0.1) is 18.8 Å². The fourth-order valence-corrected chi connectivity index (χ4v) is 2.60. The van der Waals surface area contributed by atoms with Gasteiger partial charge < -0.3 is 4.74 Å². The first-order valence-corrected chi connectivity index (χ1v) is 7.81. The first-order chi connectivity index (χ1) is 10.2. The molecule has 0 aliphatic heterocycles. The Morgan fingerprint density at radius 2 is 2.19 bits per heavy atom. The Kier molecular flexibility index (Phi) is 5.99. The monoisotopic (exact) mass is 369 g/mol. The van der Waals surface area contributed by atoms with Crippen LogP contribution in [0.15, 0.2) is 41.1 Å². The number of hydrogen-bond acceptors (Lipinski definition) is 4. The van der Waals surface area contributed by atoms with Gasteiger partial charge in [-0.2, -0.15) is 0 Å². The molecule has 4 nitrogen and oxygen atoms in total. The van der Waals surface area contributed by atoms with E-state index < -0.39 is 0 Å². The van der Waals surface area contributed by atoms with Crippen molar-refractivity contribution < 1.29 is 4.74 Å². The van der Waals surface area contributed by atoms with E-state index in [-0.39, 0.29) is 6.04 Å². The molecule has 112 valence electrons. The smallest absolute Gasteiger partial charge is 0.137 e. The number of halogens is 2. The van der Waals surface area contributed by atoms with Crippen LogP contribution in [0.3, 0.4) is 0 Å². The second-order valence-electron chi connectivity index (χ2n) is 4.57. The van der Waals surface area contributed by atoms with Gasteiger partial charge in [-0.25, -0.2) is 5.43 Å². The van der Waals surface area contributed by atoms with Crippen molar-refractivity contribution in [2.24, 2.45) is 5.84 Å². The zero-order valence-corrected chi connectivity index (χ0v) is 14.0. The topological polar surface area (TPSA) is 60.2 Å². The third-order valence-electron chi connectivity index (χ3n) is 2.98. The molecule has 3 N–H and O–H groups in total. The Morgan fingerprint density at radius 1 is 1.38 bits per heavy atom. The maximum atomic E-state index is 6.27. The zero-order valence-electron chi connectivity index (χ0n) is 11.6. The lowest BCUT2D eigenvalue weighted by molar-refractivity contribution is 0.315. The van der Waals surface area contributed by atoms with Crippen LogP contribution < -0.4 is 16.0 Å². The Labute approximate surface area is 137 Å². The molecule has 0 spiro atoms. The van der Waals surface area contributed by atoms with Crippen molar-refractivity contribution in [3.05, 3.63) is 57.3 Å². The van der Waals surface area contributed by atoms with Crippen LogP contribution in [0.4, 0.5) is 0 Å². The summed E-state index contributed by atoms with van der Waals surface area (Å²) in [5, 5.41) is 0.640. The highest BCUT2D eigenvalue weighted by molar-refractivity contribution is 9.10. The molecule has 1 heterocycles. The number of nitrogens with one attached hydrogen (secondary N) is 1. The third-order valence-corrected chi connectivity index (χ3v) is 3.81. The van der Waals surface area contributed by atoms with Gasteiger partial charge in [-0.3, -0.25) is 10.8 Å². The van der Waals surface area contributed by atoms with Crippen molar-refractivity contribution >= 4 is 27.5 Å². The fraction of sp³-hybridized carbons (Fsp3) is 0.267. The molecule has 2 aromatic rings. The molecule has 0 aliphatic rings. The van der Waals surface area contributed by atoms with Crippen LogP contribution in [0.25, 0.3) is 0 Å². The third kappa shape index (κ3) is 4.17. The summed E-state index contributed by atoms with van der Waals surface area (Å²) in [5.41, 5.74) is 4.56. The zero-order chi connectivity index (χ0) is 15.2. The maximum Gasteiger partial charge on any atom is 0.137 e. The maximum absolute atomic E-state index is 6.27. The van der Waals surface area contributed by atoms with Crippen LogP contribution in [-0.2, 0) is 0 Å². The quantitative estimate of drug-likeness (QED) is 0.599. The number of benzene rings is 1. The van der Waals surface area contributed by atoms with E-state index in [1.807, 2.05) is 24.3 Å². The summed E-state index contributed by atoms with van der Waals surface area (Å²) in [6.07, 6.45) is 4.38. The Hall–Kier alpha value is -1.14. The summed E-state index contributed by atoms with van der Waals surface area (Å²) in [6.45, 7) is 2.71. The average Bonchev–Trinajstić information content (AvgIpc) is 2.50. The number of ether oxygens (including phenoxy) is 1. The lowest BCUT2D eigenvalue weighted by atomic mass is 10.0. The molecule has 1 aromatic heterocycles. The highest BCUT2D eigenvalue weighted by Crippen LogP contribution is 2.31. The van der Waals surface area contributed by atoms with Crippen LogP contribution in [0.5, 0.6) is 5.75 Å². The van der Waals surface area contributed by atoms with Crippen molar-refractivity contribution in [2.75, 3.05) is 6.61 Å². The Balaban J connectivity index is 2.34. The molecular weight excluding hydrogens is 354 g/mol. The molecule has 2 rings (SSSR count). The standard InChI is InChI=1S/C15H17BrClN3O/c1-2-5-21-12-6-10(8-19-9-12)15(20-18)13-7-11(16)3-4-14(13)17/h3-4,6-9,15,20H,2,5,18H2,1H3. The predicted molar refractivity (Wildman–Crippen MR) is 88.3 cm³/mol. The van der Waals surface area contributed by atoms with E-state index >= 15 is 0 Å². The van der Waals surface area contributed by atoms with Crippen molar-refractivity contribution in [3.8, 4) is 5.75 Å². The van der Waals surface area contributed by atoms with Gasteiger partial charge >= 0.3 is 0 Å². The van der Waals surface area contributed by atoms with Crippen molar-refractivity contribution in [1.29, 1.82) is 0 Å². The highest BCUT2D eigenvalue weighted by atomic mass is 79.9. The summed E-state index contributed by atoms with van der Waals surface area (Å²) in [4.78, 5) is 4.21. The number of rotatable bonds is 6. The molecule has 0 radical (unpaired) electrons. The summed E-state index contributed by atoms with van der Waals surface area (Å²) in [5.74, 6) is 6.44. The van der Waals surface area contributed by atoms with Gasteiger partial charge in [0.1, 0.15) is 5.75 Å². The molecule has 0 aliphatic carbocycles. The molecule has 0 bridgehead atoms. The number of nitrogens with two attached hydrogens (primary N) is 1. The minimum Gasteiger partial charge on any atom is -0.492 e. The molecule has 0 saturated carbocycles. The lowest BCUT2D eigenvalue weighted by Crippen LogP contribution is -2.29. The van der Waals surface area contributed by atoms with E-state index in [0.717, 1.165) is 27.8 Å². The van der Waals surface area contributed by atoms with Crippen molar-refractivity contribution in [3.63, 3.8) is 0 Å². The molecule has 1 aromatic carbocycles. The van der Waals surface area contributed by atoms with Gasteiger partial charge in [-0.15, -0.1) is 0 Å². The molecule has 1 atom stereocenters. The Morgan fingerprint density at radius 3 is 2.90 bits per heavy atom. The molecule has 0 saturated heterocycles. The fourth-order valence-electron chi connectivity index (χ4n) is 1.99. The van der Waals surface area contributed by atoms with Gasteiger partial charge in [0.15, 0.2) is 0 Å². The second kappa shape index (κ2) is 7.75. The number of hydrazine groups is 1. The van der Waals surface area contributed by atoms with E-state index in [2.05, 4.69) is 33.3 Å². The van der Waals surface area contributed by atoms with E-state index in [0.29, 0.717) is 11.6 Å². The van der Waals surface area contributed by atoms with Crippen molar-refractivity contribution in [1.82, 2.24) is 10.4 Å². The molecule has 6 heteroatoms. The van der Waals surface area contributed by atoms with E-state index in [1.165, 1.54) is 0 Å². The molecule has 0 amide bonds. The van der Waals surface area contributed by atoms with E-state index in [4.69, 9.17) is 22.2 Å². The molecule has 21 heavy (non-hydrogen) atoms. The number of hydrogen-bond donors (Lipinski definition) is 2. The largest absolute Gasteiger partial charge is 0.492 e. The van der Waals surface area contributed by atoms with Gasteiger partial charge in [0, 0.05) is 15.7 Å². The van der Waals surface area contributed by atoms with E-state index in [1.54, 1.807) is 12.4 Å². The summed E-state index contributed by atoms with van der Waals surface area (Å²) in [6, 6.07) is 7.32. The molecule has 0 fully saturated rings. The highest BCUT2D eigenvalue weighted by Gasteiger charge is 2.17. The van der Waals surface area contributed by atoms with Gasteiger partial charge in [-0.1, -0.05) is 34.5 Å². The average molecular weight is 371 g/mol. The van der Waals surface area contributed by atoms with Crippen LogP contribution in [-0.4, -0.2) is 11.6 Å². The predicted octanol–water partition coefficient (Wildman–Crippen LogP) is 3.84. The van der Waals surface area contributed by atoms with Gasteiger partial charge in [0.25, 0.3) is 0 Å². The molecular formula is C15H17BrClN3O. The van der Waals surface area contributed by atoms with Crippen LogP contribution >= 0.6 is 27.5 Å². The summed E-state index contributed by atoms with van der Waals surface area (Å²) >= 11 is 9.72. The second-order valence-corrected chi connectivity index (χ2v) is 5.89. The summed E-state index contributed by atoms with van der Waals surface area (Å²) < 4.78 is 6.55. The SMILES string of the molecule is CCCOc1cncc(C(NN)c2cc(Br)ccc2Cl)c1. The number of aromatic nitrogens is 1. The number of nitrogens with zero attached hydrogens (tertiary/aromatic N) is 1. The lowest BCUT2D eigenvalue weighted by Gasteiger charge is -2.19. The van der Waals surface area contributed by atoms with Crippen molar-refractivity contribution in [2.45, 2.75) is 19.4 Å². The van der Waals surface area contributed by atoms with Gasteiger partial charge in [-0.05, 0) is 41.8 Å². The minimum atomic E-state index is -0.257. The van der Waals surface area contributed by atoms with Crippen LogP contribution in [0.2, 0.25) is 5.02 Å². The van der Waals surface area contributed by atoms with Crippen LogP contribution in [0, 0.1) is 0 Å². The minimum absolute atomic E-state index is 0.257. The first kappa shape index (κ1) is 16.2. The number of pyridine rings is 1. The van der Waals surface area contributed by atoms with Gasteiger partial charge in [0.2, 0.25) is 0 Å². The summed E-state index contributed by atoms with van der Waals surface area (Å²) in [7, 11) is 0. The van der Waals surface area contributed by atoms with E-state index in [9.17, 15) is 0 Å². The Bertz CT molecular complexity index is 609. The first-order valence-electron chi connectivity index (χ1n) is 6.64. The molecule has 1 unspecified atom stereocenters. The van der Waals surface area contributed by atoms with Crippen LogP contribution in [0.1, 0.15) is 30.5 Å². The normalized spacial score (nSPS) is 12.2.